The van der Waals surface area contributed by atoms with Crippen LogP contribution in [0.15, 0.2) is 40.2 Å². The zero-order chi connectivity index (χ0) is 13.2. The zero-order valence-corrected chi connectivity index (χ0v) is 9.81. The first-order chi connectivity index (χ1) is 8.45. The Labute approximate surface area is 102 Å². The van der Waals surface area contributed by atoms with Crippen LogP contribution in [-0.2, 0) is 10.0 Å². The molecule has 1 aromatic carbocycles. The van der Waals surface area contributed by atoms with Gasteiger partial charge in [0.1, 0.15) is 6.20 Å². The number of nitrogens with two attached hydrogens (primary N) is 1. The summed E-state index contributed by atoms with van der Waals surface area (Å²) in [6.45, 7) is 0. The predicted molar refractivity (Wildman–Crippen MR) is 63.8 cm³/mol. The lowest BCUT2D eigenvalue weighted by Gasteiger charge is -2.04. The molecule has 0 fully saturated rings. The molecule has 0 saturated carbocycles. The Balaban J connectivity index is 2.24. The van der Waals surface area contributed by atoms with E-state index in [1.54, 1.807) is 0 Å². The Kier molecular flexibility index (Phi) is 3.08. The molecule has 0 amide bonds. The van der Waals surface area contributed by atoms with Gasteiger partial charge >= 0.3 is 0 Å². The summed E-state index contributed by atoms with van der Waals surface area (Å²) in [5.41, 5.74) is 0.146. The minimum atomic E-state index is -3.71. The maximum absolute atomic E-state index is 11.0. The molecule has 18 heavy (non-hydrogen) atoms. The molecule has 2 rings (SSSR count). The van der Waals surface area contributed by atoms with Gasteiger partial charge in [-0.05, 0) is 24.3 Å². The van der Waals surface area contributed by atoms with Crippen molar-refractivity contribution in [2.75, 3.05) is 5.32 Å². The molecule has 94 valence electrons. The van der Waals surface area contributed by atoms with Gasteiger partial charge in [0, 0.05) is 5.69 Å². The number of benzene rings is 1. The second-order valence-corrected chi connectivity index (χ2v) is 4.94. The summed E-state index contributed by atoms with van der Waals surface area (Å²) in [5.74, 6) is 0.158. The number of nitrogens with one attached hydrogen (secondary N) is 2. The van der Waals surface area contributed by atoms with Crippen molar-refractivity contribution < 1.29 is 8.42 Å². The number of rotatable bonds is 3. The molecule has 8 nitrogen and oxygen atoms in total. The van der Waals surface area contributed by atoms with Crippen LogP contribution < -0.4 is 16.0 Å². The van der Waals surface area contributed by atoms with Gasteiger partial charge in [0.25, 0.3) is 5.56 Å². The van der Waals surface area contributed by atoms with E-state index in [9.17, 15) is 13.2 Å². The maximum atomic E-state index is 11.0. The first-order valence-electron chi connectivity index (χ1n) is 4.77. The van der Waals surface area contributed by atoms with Crippen LogP contribution in [-0.4, -0.2) is 23.6 Å². The number of aromatic nitrogens is 3. The van der Waals surface area contributed by atoms with Crippen LogP contribution in [0.4, 0.5) is 11.6 Å². The van der Waals surface area contributed by atoms with Gasteiger partial charge in [-0.15, -0.1) is 10.2 Å². The van der Waals surface area contributed by atoms with E-state index in [2.05, 4.69) is 20.5 Å². The number of hydrogen-bond acceptors (Lipinski definition) is 6. The Morgan fingerprint density at radius 2 is 1.89 bits per heavy atom. The molecule has 2 aromatic rings. The SMILES string of the molecule is NS(=O)(=O)c1ccc(Nc2nncc(=O)[nH]2)cc1. The van der Waals surface area contributed by atoms with Crippen LogP contribution in [0.5, 0.6) is 0 Å². The number of hydrogen-bond donors (Lipinski definition) is 3. The molecule has 0 spiro atoms. The first kappa shape index (κ1) is 12.2. The Morgan fingerprint density at radius 1 is 1.22 bits per heavy atom. The minimum Gasteiger partial charge on any atom is -0.324 e. The molecule has 0 aliphatic heterocycles. The fraction of sp³-hybridized carbons (Fsp3) is 0. The molecule has 1 heterocycles. The van der Waals surface area contributed by atoms with Crippen molar-refractivity contribution in [2.24, 2.45) is 5.14 Å². The molecule has 4 N–H and O–H groups in total. The molecule has 0 atom stereocenters. The van der Waals surface area contributed by atoms with Crippen molar-refractivity contribution in [3.8, 4) is 0 Å². The smallest absolute Gasteiger partial charge is 0.271 e. The van der Waals surface area contributed by atoms with Crippen LogP contribution in [0.25, 0.3) is 0 Å². The highest BCUT2D eigenvalue weighted by Crippen LogP contribution is 2.14. The normalized spacial score (nSPS) is 11.2. The highest BCUT2D eigenvalue weighted by molar-refractivity contribution is 7.89. The van der Waals surface area contributed by atoms with Gasteiger partial charge in [0.2, 0.25) is 16.0 Å². The minimum absolute atomic E-state index is 0.000638. The number of sulfonamides is 1. The van der Waals surface area contributed by atoms with Crippen LogP contribution in [0, 0.1) is 0 Å². The molecule has 0 bridgehead atoms. The van der Waals surface area contributed by atoms with E-state index in [4.69, 9.17) is 5.14 Å². The van der Waals surface area contributed by atoms with E-state index in [1.165, 1.54) is 24.3 Å². The second-order valence-electron chi connectivity index (χ2n) is 3.38. The summed E-state index contributed by atoms with van der Waals surface area (Å²) in [4.78, 5) is 13.4. The number of aromatic amines is 1. The van der Waals surface area contributed by atoms with E-state index in [-0.39, 0.29) is 10.8 Å². The van der Waals surface area contributed by atoms with Gasteiger partial charge in [-0.3, -0.25) is 9.78 Å². The summed E-state index contributed by atoms with van der Waals surface area (Å²) < 4.78 is 22.1. The van der Waals surface area contributed by atoms with Gasteiger partial charge in [0.15, 0.2) is 0 Å². The topological polar surface area (TPSA) is 131 Å². The van der Waals surface area contributed by atoms with Gasteiger partial charge in [-0.2, -0.15) is 0 Å². The van der Waals surface area contributed by atoms with Crippen molar-refractivity contribution in [2.45, 2.75) is 4.90 Å². The summed E-state index contributed by atoms with van der Waals surface area (Å²) in [7, 11) is -3.71. The second kappa shape index (κ2) is 4.55. The third-order valence-electron chi connectivity index (χ3n) is 2.02. The van der Waals surface area contributed by atoms with E-state index in [0.717, 1.165) is 6.20 Å². The third kappa shape index (κ3) is 2.90. The molecule has 9 heteroatoms. The highest BCUT2D eigenvalue weighted by atomic mass is 32.2. The van der Waals surface area contributed by atoms with Crippen molar-refractivity contribution in [3.05, 3.63) is 40.8 Å². The van der Waals surface area contributed by atoms with Gasteiger partial charge in [0.05, 0.1) is 4.90 Å². The number of H-pyrrole nitrogens is 1. The average Bonchev–Trinajstić information content (AvgIpc) is 2.28. The molecule has 1 aromatic heterocycles. The molecule has 0 radical (unpaired) electrons. The molecular formula is C9H9N5O3S. The maximum Gasteiger partial charge on any atom is 0.271 e. The third-order valence-corrected chi connectivity index (χ3v) is 2.95. The lowest BCUT2D eigenvalue weighted by molar-refractivity contribution is 0.598. The summed E-state index contributed by atoms with van der Waals surface area (Å²) in [5, 5.41) is 14.8. The largest absolute Gasteiger partial charge is 0.324 e. The van der Waals surface area contributed by atoms with E-state index >= 15 is 0 Å². The van der Waals surface area contributed by atoms with Gasteiger partial charge < -0.3 is 5.32 Å². The number of primary sulfonamides is 1. The van der Waals surface area contributed by atoms with Crippen LogP contribution >= 0.6 is 0 Å². The van der Waals surface area contributed by atoms with Crippen molar-refractivity contribution in [3.63, 3.8) is 0 Å². The summed E-state index contributed by atoms with van der Waals surface area (Å²) in [6.07, 6.45) is 1.04. The average molecular weight is 267 g/mol. The van der Waals surface area contributed by atoms with Gasteiger partial charge in [-0.1, -0.05) is 0 Å². The molecular weight excluding hydrogens is 258 g/mol. The Hall–Kier alpha value is -2.26. The fourth-order valence-corrected chi connectivity index (χ4v) is 1.75. The fourth-order valence-electron chi connectivity index (χ4n) is 1.23. The van der Waals surface area contributed by atoms with Crippen molar-refractivity contribution >= 4 is 21.7 Å². The monoisotopic (exact) mass is 267 g/mol. The standard InChI is InChI=1S/C9H9N5O3S/c10-18(16,17)7-3-1-6(2-4-7)12-9-13-8(15)5-11-14-9/h1-5H,(H2,10,16,17)(H2,12,13,14,15). The highest BCUT2D eigenvalue weighted by Gasteiger charge is 2.06. The molecule has 0 aliphatic rings. The van der Waals surface area contributed by atoms with Crippen LogP contribution in [0.2, 0.25) is 0 Å². The molecule has 0 aliphatic carbocycles. The number of nitrogens with zero attached hydrogens (tertiary/aromatic N) is 2. The first-order valence-corrected chi connectivity index (χ1v) is 6.32. The molecule has 0 saturated heterocycles. The van der Waals surface area contributed by atoms with Crippen molar-refractivity contribution in [1.82, 2.24) is 15.2 Å². The lowest BCUT2D eigenvalue weighted by Crippen LogP contribution is -2.12. The quantitative estimate of drug-likeness (QED) is 0.690. The van der Waals surface area contributed by atoms with E-state index in [1.807, 2.05) is 0 Å². The zero-order valence-electron chi connectivity index (χ0n) is 8.99. The Morgan fingerprint density at radius 3 is 2.44 bits per heavy atom. The van der Waals surface area contributed by atoms with E-state index in [0.29, 0.717) is 5.69 Å². The Bertz CT molecular complexity index is 707. The van der Waals surface area contributed by atoms with Crippen molar-refractivity contribution in [1.29, 1.82) is 0 Å². The molecule has 0 unspecified atom stereocenters. The lowest BCUT2D eigenvalue weighted by atomic mass is 10.3. The number of anilines is 2. The predicted octanol–water partition coefficient (Wildman–Crippen LogP) is -0.444. The summed E-state index contributed by atoms with van der Waals surface area (Å²) >= 11 is 0. The van der Waals surface area contributed by atoms with Crippen LogP contribution in [0.3, 0.4) is 0 Å². The van der Waals surface area contributed by atoms with Gasteiger partial charge in [-0.25, -0.2) is 13.6 Å². The van der Waals surface area contributed by atoms with Crippen LogP contribution in [0.1, 0.15) is 0 Å². The van der Waals surface area contributed by atoms with E-state index < -0.39 is 15.6 Å². The summed E-state index contributed by atoms with van der Waals surface area (Å²) in [6, 6.07) is 5.66.